The molecule has 0 saturated carbocycles. The average Bonchev–Trinajstić information content (AvgIpc) is 2.53. The van der Waals surface area contributed by atoms with E-state index in [4.69, 9.17) is 4.74 Å². The second-order valence-electron chi connectivity index (χ2n) is 5.04. The standard InChI is InChI=1S/C18H17NO2/c1-12-11-13(21-2)7-8-14(12)18(20)16-9-10-19-17-6-4-3-5-15(16)17/h3-11,18,20H,1-2H3. The number of nitrogens with zero attached hydrogens (tertiary/aromatic N) is 1. The second-order valence-corrected chi connectivity index (χ2v) is 5.04. The summed E-state index contributed by atoms with van der Waals surface area (Å²) in [6.45, 7) is 1.98. The summed E-state index contributed by atoms with van der Waals surface area (Å²) in [7, 11) is 1.64. The molecule has 0 fully saturated rings. The van der Waals surface area contributed by atoms with E-state index in [-0.39, 0.29) is 0 Å². The minimum Gasteiger partial charge on any atom is -0.497 e. The molecule has 1 unspecified atom stereocenters. The molecule has 0 aliphatic carbocycles. The van der Waals surface area contributed by atoms with E-state index < -0.39 is 6.10 Å². The molecule has 0 bridgehead atoms. The van der Waals surface area contributed by atoms with E-state index in [0.717, 1.165) is 33.3 Å². The molecule has 106 valence electrons. The Bertz CT molecular complexity index is 778. The number of para-hydroxylation sites is 1. The number of fused-ring (bicyclic) bond motifs is 1. The van der Waals surface area contributed by atoms with Gasteiger partial charge in [-0.1, -0.05) is 24.3 Å². The fraction of sp³-hybridized carbons (Fsp3) is 0.167. The van der Waals surface area contributed by atoms with Gasteiger partial charge in [0.25, 0.3) is 0 Å². The summed E-state index contributed by atoms with van der Waals surface area (Å²) < 4.78 is 5.21. The quantitative estimate of drug-likeness (QED) is 0.796. The van der Waals surface area contributed by atoms with Gasteiger partial charge in [0.2, 0.25) is 0 Å². The van der Waals surface area contributed by atoms with E-state index in [1.54, 1.807) is 13.3 Å². The largest absolute Gasteiger partial charge is 0.497 e. The summed E-state index contributed by atoms with van der Waals surface area (Å²) in [6, 6.07) is 15.4. The zero-order valence-corrected chi connectivity index (χ0v) is 12.1. The fourth-order valence-electron chi connectivity index (χ4n) is 2.61. The van der Waals surface area contributed by atoms with Crippen molar-refractivity contribution in [1.29, 1.82) is 0 Å². The summed E-state index contributed by atoms with van der Waals surface area (Å²) in [5.41, 5.74) is 3.64. The van der Waals surface area contributed by atoms with Gasteiger partial charge < -0.3 is 9.84 Å². The van der Waals surface area contributed by atoms with Crippen LogP contribution in [0.5, 0.6) is 5.75 Å². The molecule has 0 amide bonds. The van der Waals surface area contributed by atoms with Crippen molar-refractivity contribution >= 4 is 10.9 Å². The predicted molar refractivity (Wildman–Crippen MR) is 83.5 cm³/mol. The number of ether oxygens (including phenoxy) is 1. The number of aliphatic hydroxyl groups excluding tert-OH is 1. The highest BCUT2D eigenvalue weighted by atomic mass is 16.5. The number of hydrogen-bond acceptors (Lipinski definition) is 3. The maximum absolute atomic E-state index is 10.8. The minimum atomic E-state index is -0.677. The van der Waals surface area contributed by atoms with E-state index in [0.29, 0.717) is 0 Å². The lowest BCUT2D eigenvalue weighted by Gasteiger charge is -2.16. The van der Waals surface area contributed by atoms with Crippen LogP contribution in [0.4, 0.5) is 0 Å². The molecule has 3 nitrogen and oxygen atoms in total. The second kappa shape index (κ2) is 5.54. The zero-order chi connectivity index (χ0) is 14.8. The van der Waals surface area contributed by atoms with E-state index in [9.17, 15) is 5.11 Å². The van der Waals surface area contributed by atoms with Crippen LogP contribution < -0.4 is 4.74 Å². The highest BCUT2D eigenvalue weighted by molar-refractivity contribution is 5.82. The van der Waals surface area contributed by atoms with Gasteiger partial charge in [0.15, 0.2) is 0 Å². The van der Waals surface area contributed by atoms with Gasteiger partial charge in [-0.25, -0.2) is 0 Å². The highest BCUT2D eigenvalue weighted by Crippen LogP contribution is 2.31. The molecule has 0 saturated heterocycles. The van der Waals surface area contributed by atoms with Crippen LogP contribution in [-0.4, -0.2) is 17.2 Å². The summed E-state index contributed by atoms with van der Waals surface area (Å²) in [5.74, 6) is 0.794. The Hall–Kier alpha value is -2.39. The molecule has 3 rings (SSSR count). The van der Waals surface area contributed by atoms with Crippen molar-refractivity contribution in [3.05, 3.63) is 71.4 Å². The molecule has 21 heavy (non-hydrogen) atoms. The van der Waals surface area contributed by atoms with Gasteiger partial charge in [0.05, 0.1) is 12.6 Å². The average molecular weight is 279 g/mol. The Labute approximate surface area is 123 Å². The maximum Gasteiger partial charge on any atom is 0.119 e. The van der Waals surface area contributed by atoms with Crippen LogP contribution in [0, 0.1) is 6.92 Å². The molecule has 0 spiro atoms. The van der Waals surface area contributed by atoms with Crippen molar-refractivity contribution in [2.75, 3.05) is 7.11 Å². The Kier molecular flexibility index (Phi) is 3.59. The van der Waals surface area contributed by atoms with Crippen LogP contribution in [0.15, 0.2) is 54.7 Å². The number of pyridine rings is 1. The lowest BCUT2D eigenvalue weighted by atomic mass is 9.95. The number of aryl methyl sites for hydroxylation is 1. The molecule has 3 heteroatoms. The topological polar surface area (TPSA) is 42.4 Å². The summed E-state index contributed by atoms with van der Waals surface area (Å²) in [6.07, 6.45) is 1.06. The van der Waals surface area contributed by atoms with Crippen molar-refractivity contribution in [3.63, 3.8) is 0 Å². The first-order chi connectivity index (χ1) is 10.2. The summed E-state index contributed by atoms with van der Waals surface area (Å²) >= 11 is 0. The van der Waals surface area contributed by atoms with Gasteiger partial charge in [-0.05, 0) is 47.9 Å². The minimum absolute atomic E-state index is 0.677. The number of aliphatic hydroxyl groups is 1. The molecule has 0 aliphatic rings. The van der Waals surface area contributed by atoms with Crippen LogP contribution in [0.2, 0.25) is 0 Å². The summed E-state index contributed by atoms with van der Waals surface area (Å²) in [4.78, 5) is 4.34. The summed E-state index contributed by atoms with van der Waals surface area (Å²) in [5, 5.41) is 11.7. The van der Waals surface area contributed by atoms with E-state index in [1.807, 2.05) is 55.5 Å². The first kappa shape index (κ1) is 13.6. The van der Waals surface area contributed by atoms with Gasteiger partial charge in [-0.2, -0.15) is 0 Å². The third kappa shape index (κ3) is 2.48. The molecule has 0 radical (unpaired) electrons. The van der Waals surface area contributed by atoms with Crippen LogP contribution in [0.1, 0.15) is 22.8 Å². The van der Waals surface area contributed by atoms with Crippen LogP contribution in [0.25, 0.3) is 10.9 Å². The third-order valence-electron chi connectivity index (χ3n) is 3.75. The van der Waals surface area contributed by atoms with Gasteiger partial charge in [-0.15, -0.1) is 0 Å². The first-order valence-corrected chi connectivity index (χ1v) is 6.87. The number of rotatable bonds is 3. The highest BCUT2D eigenvalue weighted by Gasteiger charge is 2.16. The number of aromatic nitrogens is 1. The Balaban J connectivity index is 2.10. The molecular formula is C18H17NO2. The van der Waals surface area contributed by atoms with Crippen molar-refractivity contribution in [1.82, 2.24) is 4.98 Å². The van der Waals surface area contributed by atoms with Crippen molar-refractivity contribution < 1.29 is 9.84 Å². The lowest BCUT2D eigenvalue weighted by Crippen LogP contribution is -2.03. The molecule has 1 aromatic heterocycles. The maximum atomic E-state index is 10.8. The smallest absolute Gasteiger partial charge is 0.119 e. The number of methoxy groups -OCH3 is 1. The zero-order valence-electron chi connectivity index (χ0n) is 12.1. The molecule has 0 aliphatic heterocycles. The van der Waals surface area contributed by atoms with Gasteiger partial charge >= 0.3 is 0 Å². The van der Waals surface area contributed by atoms with E-state index >= 15 is 0 Å². The fourth-order valence-corrected chi connectivity index (χ4v) is 2.61. The first-order valence-electron chi connectivity index (χ1n) is 6.87. The number of hydrogen-bond donors (Lipinski definition) is 1. The van der Waals surface area contributed by atoms with Crippen molar-refractivity contribution in [2.45, 2.75) is 13.0 Å². The monoisotopic (exact) mass is 279 g/mol. The Morgan fingerprint density at radius 2 is 1.86 bits per heavy atom. The molecule has 1 atom stereocenters. The molecule has 2 aromatic carbocycles. The van der Waals surface area contributed by atoms with Gasteiger partial charge in [0.1, 0.15) is 11.9 Å². The van der Waals surface area contributed by atoms with Crippen molar-refractivity contribution in [2.24, 2.45) is 0 Å². The SMILES string of the molecule is COc1ccc(C(O)c2ccnc3ccccc23)c(C)c1. The Morgan fingerprint density at radius 1 is 1.05 bits per heavy atom. The Morgan fingerprint density at radius 3 is 2.62 bits per heavy atom. The third-order valence-corrected chi connectivity index (χ3v) is 3.75. The molecule has 1 heterocycles. The van der Waals surface area contributed by atoms with Gasteiger partial charge in [0, 0.05) is 11.6 Å². The molecule has 3 aromatic rings. The number of benzene rings is 2. The van der Waals surface area contributed by atoms with E-state index in [1.165, 1.54) is 0 Å². The van der Waals surface area contributed by atoms with Gasteiger partial charge in [-0.3, -0.25) is 4.98 Å². The van der Waals surface area contributed by atoms with Crippen molar-refractivity contribution in [3.8, 4) is 5.75 Å². The van der Waals surface area contributed by atoms with E-state index in [2.05, 4.69) is 4.98 Å². The van der Waals surface area contributed by atoms with Crippen LogP contribution in [0.3, 0.4) is 0 Å². The van der Waals surface area contributed by atoms with Crippen LogP contribution >= 0.6 is 0 Å². The lowest BCUT2D eigenvalue weighted by molar-refractivity contribution is 0.221. The molecular weight excluding hydrogens is 262 g/mol. The molecule has 1 N–H and O–H groups in total. The normalized spacial score (nSPS) is 12.3. The van der Waals surface area contributed by atoms with Crippen LogP contribution in [-0.2, 0) is 0 Å². The predicted octanol–water partition coefficient (Wildman–Crippen LogP) is 3.63.